The van der Waals surface area contributed by atoms with Crippen molar-refractivity contribution in [3.05, 3.63) is 47.9 Å². The standard InChI is InChI=1S/C13H9FN4O2/c14-8-3-1-7(2-4-8)9-5-6-10(12(19)20)18-11(9)16-13(15)17-18/h1-6H,(H2,15,17)(H,19,20). The van der Waals surface area contributed by atoms with E-state index >= 15 is 0 Å². The van der Waals surface area contributed by atoms with Crippen molar-refractivity contribution in [1.82, 2.24) is 14.6 Å². The molecule has 0 aliphatic carbocycles. The van der Waals surface area contributed by atoms with E-state index in [-0.39, 0.29) is 17.5 Å². The van der Waals surface area contributed by atoms with Crippen molar-refractivity contribution in [3.63, 3.8) is 0 Å². The summed E-state index contributed by atoms with van der Waals surface area (Å²) >= 11 is 0. The van der Waals surface area contributed by atoms with Crippen molar-refractivity contribution in [1.29, 1.82) is 0 Å². The number of hydrogen-bond donors (Lipinski definition) is 2. The number of nitrogens with two attached hydrogens (primary N) is 1. The Bertz CT molecular complexity index is 811. The molecule has 2 heterocycles. The highest BCUT2D eigenvalue weighted by molar-refractivity contribution is 5.89. The van der Waals surface area contributed by atoms with Gasteiger partial charge in [-0.1, -0.05) is 12.1 Å². The van der Waals surface area contributed by atoms with Crippen molar-refractivity contribution in [3.8, 4) is 11.1 Å². The third-order valence-corrected chi connectivity index (χ3v) is 2.87. The van der Waals surface area contributed by atoms with Crippen molar-refractivity contribution < 1.29 is 14.3 Å². The Morgan fingerprint density at radius 3 is 2.55 bits per heavy atom. The molecule has 0 saturated heterocycles. The molecule has 1 aromatic carbocycles. The molecule has 100 valence electrons. The predicted octanol–water partition coefficient (Wildman–Crippen LogP) is 1.82. The molecule has 2 aromatic heterocycles. The minimum Gasteiger partial charge on any atom is -0.477 e. The highest BCUT2D eigenvalue weighted by Gasteiger charge is 2.15. The van der Waals surface area contributed by atoms with Gasteiger partial charge in [-0.15, -0.1) is 5.10 Å². The third-order valence-electron chi connectivity index (χ3n) is 2.87. The number of carbonyl (C=O) groups is 1. The topological polar surface area (TPSA) is 93.5 Å². The van der Waals surface area contributed by atoms with E-state index in [1.54, 1.807) is 18.2 Å². The summed E-state index contributed by atoms with van der Waals surface area (Å²) in [5, 5.41) is 13.0. The van der Waals surface area contributed by atoms with Gasteiger partial charge in [-0.05, 0) is 29.8 Å². The van der Waals surface area contributed by atoms with Gasteiger partial charge in [-0.25, -0.2) is 13.7 Å². The highest BCUT2D eigenvalue weighted by Crippen LogP contribution is 2.25. The fourth-order valence-corrected chi connectivity index (χ4v) is 1.99. The number of benzene rings is 1. The van der Waals surface area contributed by atoms with Gasteiger partial charge in [0.2, 0.25) is 5.95 Å². The molecule has 0 atom stereocenters. The lowest BCUT2D eigenvalue weighted by molar-refractivity contribution is 0.0687. The van der Waals surface area contributed by atoms with Crippen LogP contribution in [0.4, 0.5) is 10.3 Å². The lowest BCUT2D eigenvalue weighted by Crippen LogP contribution is -2.07. The van der Waals surface area contributed by atoms with Crippen LogP contribution in [0.1, 0.15) is 10.5 Å². The summed E-state index contributed by atoms with van der Waals surface area (Å²) in [6, 6.07) is 8.79. The molecule has 0 radical (unpaired) electrons. The molecule has 3 rings (SSSR count). The van der Waals surface area contributed by atoms with E-state index in [0.717, 1.165) is 4.52 Å². The predicted molar refractivity (Wildman–Crippen MR) is 69.8 cm³/mol. The van der Waals surface area contributed by atoms with Crippen molar-refractivity contribution in [2.45, 2.75) is 0 Å². The third kappa shape index (κ3) is 1.85. The summed E-state index contributed by atoms with van der Waals surface area (Å²) in [6.45, 7) is 0. The van der Waals surface area contributed by atoms with Crippen LogP contribution in [-0.2, 0) is 0 Å². The van der Waals surface area contributed by atoms with Crippen LogP contribution >= 0.6 is 0 Å². The normalized spacial score (nSPS) is 10.8. The largest absolute Gasteiger partial charge is 0.477 e. The summed E-state index contributed by atoms with van der Waals surface area (Å²) in [5.74, 6) is -1.51. The molecule has 7 heteroatoms. The van der Waals surface area contributed by atoms with E-state index in [1.165, 1.54) is 18.2 Å². The Kier molecular flexibility index (Phi) is 2.60. The summed E-state index contributed by atoms with van der Waals surface area (Å²) in [5.41, 5.74) is 7.12. The molecule has 0 unspecified atom stereocenters. The fourth-order valence-electron chi connectivity index (χ4n) is 1.99. The first-order valence-electron chi connectivity index (χ1n) is 5.71. The van der Waals surface area contributed by atoms with Gasteiger partial charge in [0.05, 0.1) is 0 Å². The van der Waals surface area contributed by atoms with Gasteiger partial charge < -0.3 is 10.8 Å². The first-order chi connectivity index (χ1) is 9.56. The smallest absolute Gasteiger partial charge is 0.354 e. The Morgan fingerprint density at radius 1 is 1.20 bits per heavy atom. The molecule has 3 aromatic rings. The maximum absolute atomic E-state index is 13.0. The van der Waals surface area contributed by atoms with Crippen molar-refractivity contribution in [2.24, 2.45) is 0 Å². The van der Waals surface area contributed by atoms with Crippen molar-refractivity contribution >= 4 is 17.6 Å². The Morgan fingerprint density at radius 2 is 1.90 bits per heavy atom. The zero-order chi connectivity index (χ0) is 14.3. The summed E-state index contributed by atoms with van der Waals surface area (Å²) in [4.78, 5) is 15.2. The van der Waals surface area contributed by atoms with Crippen LogP contribution in [0.3, 0.4) is 0 Å². The van der Waals surface area contributed by atoms with Gasteiger partial charge in [0, 0.05) is 5.56 Å². The van der Waals surface area contributed by atoms with Crippen LogP contribution in [0.5, 0.6) is 0 Å². The molecule has 0 aliphatic heterocycles. The van der Waals surface area contributed by atoms with Crippen LogP contribution in [0.2, 0.25) is 0 Å². The quantitative estimate of drug-likeness (QED) is 0.742. The van der Waals surface area contributed by atoms with E-state index in [1.807, 2.05) is 0 Å². The second-order valence-electron chi connectivity index (χ2n) is 4.15. The summed E-state index contributed by atoms with van der Waals surface area (Å²) in [7, 11) is 0. The van der Waals surface area contributed by atoms with Crippen LogP contribution in [0.25, 0.3) is 16.8 Å². The molecular weight excluding hydrogens is 263 g/mol. The number of hydrogen-bond acceptors (Lipinski definition) is 4. The molecule has 6 nitrogen and oxygen atoms in total. The molecule has 20 heavy (non-hydrogen) atoms. The van der Waals surface area contributed by atoms with E-state index in [9.17, 15) is 9.18 Å². The number of pyridine rings is 1. The Balaban J connectivity index is 2.30. The average Bonchev–Trinajstić information content (AvgIpc) is 2.79. The van der Waals surface area contributed by atoms with Gasteiger partial charge >= 0.3 is 5.97 Å². The molecular formula is C13H9FN4O2. The van der Waals surface area contributed by atoms with Crippen LogP contribution in [0, 0.1) is 5.82 Å². The lowest BCUT2D eigenvalue weighted by Gasteiger charge is -2.05. The number of aromatic carboxylic acids is 1. The average molecular weight is 272 g/mol. The second-order valence-corrected chi connectivity index (χ2v) is 4.15. The Labute approximate surface area is 112 Å². The lowest BCUT2D eigenvalue weighted by atomic mass is 10.1. The number of halogens is 1. The van der Waals surface area contributed by atoms with E-state index in [4.69, 9.17) is 10.8 Å². The maximum atomic E-state index is 13.0. The number of nitrogens with zero attached hydrogens (tertiary/aromatic N) is 3. The first-order valence-corrected chi connectivity index (χ1v) is 5.71. The van der Waals surface area contributed by atoms with Crippen LogP contribution < -0.4 is 5.73 Å². The number of rotatable bonds is 2. The minimum atomic E-state index is -1.13. The van der Waals surface area contributed by atoms with Crippen LogP contribution in [-0.4, -0.2) is 25.7 Å². The van der Waals surface area contributed by atoms with E-state index < -0.39 is 5.97 Å². The Hall–Kier alpha value is -2.96. The van der Waals surface area contributed by atoms with Gasteiger partial charge in [0.1, 0.15) is 5.82 Å². The molecule has 0 amide bonds. The zero-order valence-corrected chi connectivity index (χ0v) is 10.1. The molecule has 0 fully saturated rings. The SMILES string of the molecule is Nc1nc2c(-c3ccc(F)cc3)ccc(C(=O)O)n2n1. The second kappa shape index (κ2) is 4.30. The number of carboxylic acids is 1. The van der Waals surface area contributed by atoms with Gasteiger partial charge in [0.25, 0.3) is 0 Å². The zero-order valence-electron chi connectivity index (χ0n) is 10.1. The molecule has 3 N–H and O–H groups in total. The molecule has 0 spiro atoms. The van der Waals surface area contributed by atoms with Crippen molar-refractivity contribution in [2.75, 3.05) is 5.73 Å². The molecule has 0 aliphatic rings. The van der Waals surface area contributed by atoms with Gasteiger partial charge in [-0.3, -0.25) is 0 Å². The minimum absolute atomic E-state index is 0.0259. The molecule has 0 bridgehead atoms. The number of carboxylic acid groups (broad SMARTS) is 1. The number of aromatic nitrogens is 3. The number of anilines is 1. The molecule has 0 saturated carbocycles. The summed E-state index contributed by atoms with van der Waals surface area (Å²) in [6.07, 6.45) is 0. The van der Waals surface area contributed by atoms with E-state index in [2.05, 4.69) is 10.1 Å². The summed E-state index contributed by atoms with van der Waals surface area (Å²) < 4.78 is 14.1. The first kappa shape index (κ1) is 12.1. The van der Waals surface area contributed by atoms with Gasteiger partial charge in [-0.2, -0.15) is 4.98 Å². The van der Waals surface area contributed by atoms with Crippen LogP contribution in [0.15, 0.2) is 36.4 Å². The fraction of sp³-hybridized carbons (Fsp3) is 0. The number of fused-ring (bicyclic) bond motifs is 1. The van der Waals surface area contributed by atoms with E-state index in [0.29, 0.717) is 16.8 Å². The maximum Gasteiger partial charge on any atom is 0.354 e. The van der Waals surface area contributed by atoms with Gasteiger partial charge in [0.15, 0.2) is 11.3 Å². The highest BCUT2D eigenvalue weighted by atomic mass is 19.1. The monoisotopic (exact) mass is 272 g/mol. The number of nitrogen functional groups attached to an aromatic ring is 1.